The summed E-state index contributed by atoms with van der Waals surface area (Å²) < 4.78 is 0. The first-order valence-corrected chi connectivity index (χ1v) is 7.70. The van der Waals surface area contributed by atoms with E-state index in [9.17, 15) is 0 Å². The van der Waals surface area contributed by atoms with E-state index in [0.29, 0.717) is 17.3 Å². The number of hydrogen-bond donors (Lipinski definition) is 1. The molecule has 112 valence electrons. The first-order chi connectivity index (χ1) is 9.34. The summed E-state index contributed by atoms with van der Waals surface area (Å²) in [5, 5.41) is 0. The Labute approximate surface area is 122 Å². The number of rotatable bonds is 3. The fourth-order valence-corrected chi connectivity index (χ4v) is 3.01. The highest BCUT2D eigenvalue weighted by Gasteiger charge is 2.30. The average Bonchev–Trinajstić information content (AvgIpc) is 2.41. The highest BCUT2D eigenvalue weighted by atomic mass is 15.2. The van der Waals surface area contributed by atoms with Gasteiger partial charge in [0.25, 0.3) is 0 Å². The Morgan fingerprint density at radius 1 is 1.25 bits per heavy atom. The van der Waals surface area contributed by atoms with Gasteiger partial charge in [0, 0.05) is 25.1 Å². The lowest BCUT2D eigenvalue weighted by Crippen LogP contribution is -2.38. The Morgan fingerprint density at radius 3 is 2.40 bits per heavy atom. The van der Waals surface area contributed by atoms with Gasteiger partial charge in [-0.15, -0.1) is 0 Å². The third-order valence-corrected chi connectivity index (χ3v) is 4.71. The molecule has 0 aromatic carbocycles. The van der Waals surface area contributed by atoms with Gasteiger partial charge in [-0.05, 0) is 38.0 Å². The third kappa shape index (κ3) is 3.05. The molecule has 0 saturated heterocycles. The van der Waals surface area contributed by atoms with E-state index in [0.717, 1.165) is 23.6 Å². The van der Waals surface area contributed by atoms with Crippen LogP contribution in [0.4, 0.5) is 11.6 Å². The van der Waals surface area contributed by atoms with Crippen molar-refractivity contribution >= 4 is 11.6 Å². The summed E-state index contributed by atoms with van der Waals surface area (Å²) in [4.78, 5) is 11.4. The molecule has 0 bridgehead atoms. The molecule has 1 aliphatic rings. The molecule has 1 fully saturated rings. The van der Waals surface area contributed by atoms with Crippen LogP contribution in [0.15, 0.2) is 0 Å². The lowest BCUT2D eigenvalue weighted by Gasteiger charge is -2.39. The zero-order valence-corrected chi connectivity index (χ0v) is 13.5. The molecule has 1 heterocycles. The Morgan fingerprint density at radius 2 is 1.85 bits per heavy atom. The van der Waals surface area contributed by atoms with Gasteiger partial charge < -0.3 is 10.6 Å². The van der Waals surface area contributed by atoms with Gasteiger partial charge in [-0.2, -0.15) is 0 Å². The van der Waals surface area contributed by atoms with E-state index in [1.165, 1.54) is 25.7 Å². The molecule has 0 unspecified atom stereocenters. The highest BCUT2D eigenvalue weighted by Crippen LogP contribution is 2.38. The average molecular weight is 276 g/mol. The van der Waals surface area contributed by atoms with Crippen molar-refractivity contribution in [3.8, 4) is 0 Å². The van der Waals surface area contributed by atoms with Gasteiger partial charge >= 0.3 is 0 Å². The van der Waals surface area contributed by atoms with Crippen molar-refractivity contribution < 1.29 is 0 Å². The maximum atomic E-state index is 6.03. The van der Waals surface area contributed by atoms with Crippen molar-refractivity contribution in [3.63, 3.8) is 0 Å². The molecule has 4 heteroatoms. The van der Waals surface area contributed by atoms with Crippen LogP contribution in [0.1, 0.15) is 57.8 Å². The second-order valence-corrected chi connectivity index (χ2v) is 6.83. The van der Waals surface area contributed by atoms with Crippen LogP contribution in [-0.4, -0.2) is 23.1 Å². The smallest absolute Gasteiger partial charge is 0.137 e. The van der Waals surface area contributed by atoms with Crippen molar-refractivity contribution in [1.29, 1.82) is 0 Å². The Hall–Kier alpha value is -1.32. The van der Waals surface area contributed by atoms with Crippen LogP contribution in [0, 0.1) is 12.3 Å². The van der Waals surface area contributed by atoms with E-state index in [2.05, 4.69) is 37.7 Å². The summed E-state index contributed by atoms with van der Waals surface area (Å²) in [6.07, 6.45) is 5.84. The molecule has 20 heavy (non-hydrogen) atoms. The molecule has 0 aliphatic heterocycles. The highest BCUT2D eigenvalue weighted by molar-refractivity contribution is 5.56. The predicted octanol–water partition coefficient (Wildman–Crippen LogP) is 3.33. The first-order valence-electron chi connectivity index (χ1n) is 7.70. The van der Waals surface area contributed by atoms with E-state index in [1.807, 2.05) is 6.92 Å². The number of anilines is 2. The van der Waals surface area contributed by atoms with E-state index < -0.39 is 0 Å². The first kappa shape index (κ1) is 15.1. The second kappa shape index (κ2) is 5.58. The van der Waals surface area contributed by atoms with Crippen molar-refractivity contribution in [3.05, 3.63) is 11.4 Å². The summed E-state index contributed by atoms with van der Waals surface area (Å²) in [5.41, 5.74) is 7.53. The minimum atomic E-state index is 0.492. The molecular weight excluding hydrogens is 248 g/mol. The van der Waals surface area contributed by atoms with Gasteiger partial charge in [-0.3, -0.25) is 0 Å². The minimum Gasteiger partial charge on any atom is -0.383 e. The minimum absolute atomic E-state index is 0.492. The van der Waals surface area contributed by atoms with Crippen molar-refractivity contribution in [2.45, 2.75) is 65.8 Å². The molecule has 2 rings (SSSR count). The standard InChI is InChI=1S/C16H28N4/c1-6-13-18-14(17)11(2)15(19-13)20(5)12-7-9-16(3,4)10-8-12/h12H,6-10H2,1-5H3,(H2,17,18,19). The van der Waals surface area contributed by atoms with Crippen molar-refractivity contribution in [2.75, 3.05) is 17.7 Å². The van der Waals surface area contributed by atoms with Crippen LogP contribution < -0.4 is 10.6 Å². The molecule has 0 radical (unpaired) electrons. The monoisotopic (exact) mass is 276 g/mol. The molecule has 0 atom stereocenters. The van der Waals surface area contributed by atoms with Gasteiger partial charge in [-0.25, -0.2) is 9.97 Å². The van der Waals surface area contributed by atoms with Gasteiger partial charge in [-0.1, -0.05) is 20.8 Å². The van der Waals surface area contributed by atoms with Crippen LogP contribution >= 0.6 is 0 Å². The maximum absolute atomic E-state index is 6.03. The fourth-order valence-electron chi connectivity index (χ4n) is 3.01. The number of nitrogens with two attached hydrogens (primary N) is 1. The largest absolute Gasteiger partial charge is 0.383 e. The molecule has 0 spiro atoms. The van der Waals surface area contributed by atoms with E-state index in [4.69, 9.17) is 10.7 Å². The fraction of sp³-hybridized carbons (Fsp3) is 0.750. The van der Waals surface area contributed by atoms with Gasteiger partial charge in [0.2, 0.25) is 0 Å². The van der Waals surface area contributed by atoms with Crippen LogP contribution in [0.2, 0.25) is 0 Å². The molecule has 1 saturated carbocycles. The lowest BCUT2D eigenvalue weighted by molar-refractivity contribution is 0.222. The van der Waals surface area contributed by atoms with E-state index >= 15 is 0 Å². The number of aromatic nitrogens is 2. The zero-order valence-electron chi connectivity index (χ0n) is 13.5. The summed E-state index contributed by atoms with van der Waals surface area (Å²) in [7, 11) is 2.15. The molecule has 1 aromatic heterocycles. The van der Waals surface area contributed by atoms with Crippen LogP contribution in [0.3, 0.4) is 0 Å². The molecule has 2 N–H and O–H groups in total. The van der Waals surface area contributed by atoms with Gasteiger partial charge in [0.15, 0.2) is 0 Å². The topological polar surface area (TPSA) is 55.0 Å². The predicted molar refractivity (Wildman–Crippen MR) is 85.0 cm³/mol. The quantitative estimate of drug-likeness (QED) is 0.920. The van der Waals surface area contributed by atoms with Gasteiger partial charge in [0.1, 0.15) is 17.5 Å². The summed E-state index contributed by atoms with van der Waals surface area (Å²) in [6, 6.07) is 0.570. The van der Waals surface area contributed by atoms with Crippen LogP contribution in [0.5, 0.6) is 0 Å². The summed E-state index contributed by atoms with van der Waals surface area (Å²) in [5.74, 6) is 2.47. The number of nitrogens with zero attached hydrogens (tertiary/aromatic N) is 3. The molecule has 0 amide bonds. The molecule has 1 aromatic rings. The second-order valence-electron chi connectivity index (χ2n) is 6.83. The van der Waals surface area contributed by atoms with Crippen LogP contribution in [0.25, 0.3) is 0 Å². The van der Waals surface area contributed by atoms with Crippen LogP contribution in [-0.2, 0) is 6.42 Å². The number of aryl methyl sites for hydroxylation is 1. The lowest BCUT2D eigenvalue weighted by atomic mass is 9.75. The Kier molecular flexibility index (Phi) is 4.21. The van der Waals surface area contributed by atoms with E-state index in [1.54, 1.807) is 0 Å². The Balaban J connectivity index is 2.21. The normalized spacial score (nSPS) is 19.1. The zero-order chi connectivity index (χ0) is 14.9. The third-order valence-electron chi connectivity index (χ3n) is 4.71. The molecular formula is C16H28N4. The van der Waals surface area contributed by atoms with Gasteiger partial charge in [0.05, 0.1) is 0 Å². The summed E-state index contributed by atoms with van der Waals surface area (Å²) in [6.45, 7) is 8.82. The SMILES string of the molecule is CCc1nc(N)c(C)c(N(C)C2CCC(C)(C)CC2)n1. The maximum Gasteiger partial charge on any atom is 0.137 e. The van der Waals surface area contributed by atoms with Crippen molar-refractivity contribution in [1.82, 2.24) is 9.97 Å². The summed E-state index contributed by atoms with van der Waals surface area (Å²) >= 11 is 0. The number of hydrogen-bond acceptors (Lipinski definition) is 4. The van der Waals surface area contributed by atoms with E-state index in [-0.39, 0.29) is 0 Å². The Bertz CT molecular complexity index is 472. The molecule has 4 nitrogen and oxygen atoms in total. The van der Waals surface area contributed by atoms with Crippen molar-refractivity contribution in [2.24, 2.45) is 5.41 Å². The molecule has 1 aliphatic carbocycles. The number of nitrogen functional groups attached to an aromatic ring is 1.